The summed E-state index contributed by atoms with van der Waals surface area (Å²) in [6, 6.07) is 19.9. The zero-order chi connectivity index (χ0) is 17.5. The molecule has 0 N–H and O–H groups in total. The fourth-order valence-electron chi connectivity index (χ4n) is 3.37. The lowest BCUT2D eigenvalue weighted by Crippen LogP contribution is -2.35. The molecule has 1 aliphatic rings. The van der Waals surface area contributed by atoms with Crippen molar-refractivity contribution in [2.75, 3.05) is 6.54 Å². The van der Waals surface area contributed by atoms with Crippen LogP contribution in [0.3, 0.4) is 0 Å². The van der Waals surface area contributed by atoms with Crippen molar-refractivity contribution in [3.05, 3.63) is 77.6 Å². The molecule has 0 aliphatic carbocycles. The van der Waals surface area contributed by atoms with Crippen LogP contribution in [0.15, 0.2) is 65.1 Å². The third-order valence-corrected chi connectivity index (χ3v) is 5.79. The highest BCUT2D eigenvalue weighted by atomic mass is 32.1. The molecule has 26 heavy (non-hydrogen) atoms. The quantitative estimate of drug-likeness (QED) is 0.518. The first kappa shape index (κ1) is 15.3. The zero-order valence-electron chi connectivity index (χ0n) is 14.0. The van der Waals surface area contributed by atoms with E-state index in [2.05, 4.69) is 17.1 Å². The lowest BCUT2D eigenvalue weighted by atomic mass is 10.00. The summed E-state index contributed by atoms with van der Waals surface area (Å²) in [5, 5.41) is 0.800. The summed E-state index contributed by atoms with van der Waals surface area (Å²) in [7, 11) is 0. The van der Waals surface area contributed by atoms with E-state index in [0.717, 1.165) is 21.6 Å². The van der Waals surface area contributed by atoms with Gasteiger partial charge in [0.25, 0.3) is 5.91 Å². The van der Waals surface area contributed by atoms with Crippen molar-refractivity contribution in [2.45, 2.75) is 13.0 Å². The van der Waals surface area contributed by atoms with E-state index in [9.17, 15) is 4.79 Å². The van der Waals surface area contributed by atoms with E-state index >= 15 is 0 Å². The molecule has 128 valence electrons. The minimum Gasteiger partial charge on any atom is -0.448 e. The number of aromatic nitrogens is 1. The molecular formula is C21H16N2O2S. The Hall–Kier alpha value is -2.92. The second-order valence-electron chi connectivity index (χ2n) is 6.40. The SMILES string of the molecule is O=C(c1ccc(-c2nc3ccccc3s2)o1)N1CCc2ccccc2C1. The second kappa shape index (κ2) is 6.11. The van der Waals surface area contributed by atoms with E-state index in [1.807, 2.05) is 47.4 Å². The molecule has 5 rings (SSSR count). The van der Waals surface area contributed by atoms with Gasteiger partial charge in [-0.2, -0.15) is 0 Å². The van der Waals surface area contributed by atoms with Gasteiger partial charge in [0.2, 0.25) is 0 Å². The number of benzene rings is 2. The first-order chi connectivity index (χ1) is 12.8. The first-order valence-corrected chi connectivity index (χ1v) is 9.41. The van der Waals surface area contributed by atoms with E-state index < -0.39 is 0 Å². The molecule has 1 aliphatic heterocycles. The number of amides is 1. The predicted octanol–water partition coefficient (Wildman–Crippen LogP) is 4.75. The molecule has 2 aromatic heterocycles. The van der Waals surface area contributed by atoms with Crippen molar-refractivity contribution in [1.29, 1.82) is 0 Å². The molecule has 0 bridgehead atoms. The molecule has 4 aromatic rings. The number of carbonyl (C=O) groups is 1. The van der Waals surface area contributed by atoms with Crippen LogP contribution < -0.4 is 0 Å². The van der Waals surface area contributed by atoms with Crippen LogP contribution in [0.1, 0.15) is 21.7 Å². The van der Waals surface area contributed by atoms with Gasteiger partial charge in [-0.15, -0.1) is 11.3 Å². The Morgan fingerprint density at radius 2 is 1.81 bits per heavy atom. The van der Waals surface area contributed by atoms with E-state index in [0.29, 0.717) is 24.6 Å². The van der Waals surface area contributed by atoms with Crippen molar-refractivity contribution in [3.8, 4) is 10.8 Å². The number of thiazole rings is 1. The van der Waals surface area contributed by atoms with Gasteiger partial charge in [0.05, 0.1) is 10.2 Å². The predicted molar refractivity (Wildman–Crippen MR) is 102 cm³/mol. The molecule has 0 spiro atoms. The third kappa shape index (κ3) is 2.61. The topological polar surface area (TPSA) is 46.3 Å². The van der Waals surface area contributed by atoms with Crippen molar-refractivity contribution < 1.29 is 9.21 Å². The van der Waals surface area contributed by atoms with Gasteiger partial charge in [-0.05, 0) is 41.8 Å². The second-order valence-corrected chi connectivity index (χ2v) is 7.43. The Morgan fingerprint density at radius 1 is 1.00 bits per heavy atom. The van der Waals surface area contributed by atoms with E-state index in [1.165, 1.54) is 11.1 Å². The average molecular weight is 360 g/mol. The van der Waals surface area contributed by atoms with Gasteiger partial charge in [0, 0.05) is 13.1 Å². The molecule has 1 amide bonds. The molecule has 4 nitrogen and oxygen atoms in total. The summed E-state index contributed by atoms with van der Waals surface area (Å²) in [6.07, 6.45) is 0.882. The van der Waals surface area contributed by atoms with Crippen molar-refractivity contribution >= 4 is 27.5 Å². The van der Waals surface area contributed by atoms with Gasteiger partial charge in [-0.1, -0.05) is 36.4 Å². The van der Waals surface area contributed by atoms with E-state index in [4.69, 9.17) is 4.42 Å². The first-order valence-electron chi connectivity index (χ1n) is 8.60. The number of carbonyl (C=O) groups excluding carboxylic acids is 1. The smallest absolute Gasteiger partial charge is 0.289 e. The standard InChI is InChI=1S/C21H16N2O2S/c24-21(23-12-11-14-5-1-2-6-15(14)13-23)18-10-9-17(25-18)20-22-16-7-3-4-8-19(16)26-20/h1-10H,11-13H2. The number of fused-ring (bicyclic) bond motifs is 2. The van der Waals surface area contributed by atoms with Crippen molar-refractivity contribution in [3.63, 3.8) is 0 Å². The van der Waals surface area contributed by atoms with Crippen LogP contribution in [0.2, 0.25) is 0 Å². The minimum atomic E-state index is -0.0631. The van der Waals surface area contributed by atoms with Crippen LogP contribution in [0.4, 0.5) is 0 Å². The summed E-state index contributed by atoms with van der Waals surface area (Å²) in [5.41, 5.74) is 3.49. The van der Waals surface area contributed by atoms with Gasteiger partial charge in [-0.25, -0.2) is 4.98 Å². The Labute approximate surface area is 154 Å². The summed E-state index contributed by atoms with van der Waals surface area (Å²) in [5.74, 6) is 0.956. The van der Waals surface area contributed by atoms with Gasteiger partial charge in [-0.3, -0.25) is 4.79 Å². The zero-order valence-corrected chi connectivity index (χ0v) is 14.8. The highest BCUT2D eigenvalue weighted by molar-refractivity contribution is 7.21. The van der Waals surface area contributed by atoms with Crippen molar-refractivity contribution in [2.24, 2.45) is 0 Å². The fourth-order valence-corrected chi connectivity index (χ4v) is 4.30. The molecule has 0 atom stereocenters. The maximum absolute atomic E-state index is 12.8. The summed E-state index contributed by atoms with van der Waals surface area (Å²) in [6.45, 7) is 1.35. The molecule has 5 heteroatoms. The van der Waals surface area contributed by atoms with Crippen LogP contribution in [0, 0.1) is 0 Å². The maximum atomic E-state index is 12.8. The summed E-state index contributed by atoms with van der Waals surface area (Å²) < 4.78 is 6.97. The fraction of sp³-hybridized carbons (Fsp3) is 0.143. The van der Waals surface area contributed by atoms with E-state index in [1.54, 1.807) is 17.4 Å². The molecule has 0 saturated carbocycles. The van der Waals surface area contributed by atoms with Gasteiger partial charge < -0.3 is 9.32 Å². The summed E-state index contributed by atoms with van der Waals surface area (Å²) in [4.78, 5) is 19.3. The van der Waals surface area contributed by atoms with E-state index in [-0.39, 0.29) is 5.91 Å². The molecule has 0 fully saturated rings. The number of nitrogens with zero attached hydrogens (tertiary/aromatic N) is 2. The van der Waals surface area contributed by atoms with Crippen LogP contribution in [0.25, 0.3) is 21.0 Å². The molecule has 0 radical (unpaired) electrons. The number of rotatable bonds is 2. The van der Waals surface area contributed by atoms with Crippen LogP contribution in [-0.2, 0) is 13.0 Å². The lowest BCUT2D eigenvalue weighted by Gasteiger charge is -2.28. The average Bonchev–Trinajstić information content (AvgIpc) is 3.34. The Morgan fingerprint density at radius 3 is 2.69 bits per heavy atom. The van der Waals surface area contributed by atoms with Crippen LogP contribution in [0.5, 0.6) is 0 Å². The largest absolute Gasteiger partial charge is 0.448 e. The normalized spacial score (nSPS) is 13.8. The number of furan rings is 1. The molecule has 0 unspecified atom stereocenters. The molecule has 3 heterocycles. The van der Waals surface area contributed by atoms with Crippen LogP contribution in [-0.4, -0.2) is 22.3 Å². The number of para-hydroxylation sites is 1. The van der Waals surface area contributed by atoms with Crippen molar-refractivity contribution in [1.82, 2.24) is 9.88 Å². The Balaban J connectivity index is 1.40. The Kier molecular flexibility index (Phi) is 3.60. The third-order valence-electron chi connectivity index (χ3n) is 4.74. The highest BCUT2D eigenvalue weighted by Gasteiger charge is 2.24. The van der Waals surface area contributed by atoms with Gasteiger partial charge >= 0.3 is 0 Å². The number of hydrogen-bond donors (Lipinski definition) is 0. The molecule has 2 aromatic carbocycles. The summed E-state index contributed by atoms with van der Waals surface area (Å²) >= 11 is 1.57. The minimum absolute atomic E-state index is 0.0631. The Bertz CT molecular complexity index is 1080. The lowest BCUT2D eigenvalue weighted by molar-refractivity contribution is 0.0703. The number of hydrogen-bond acceptors (Lipinski definition) is 4. The molecule has 0 saturated heterocycles. The molecular weight excluding hydrogens is 344 g/mol. The maximum Gasteiger partial charge on any atom is 0.289 e. The van der Waals surface area contributed by atoms with Gasteiger partial charge in [0.1, 0.15) is 0 Å². The highest BCUT2D eigenvalue weighted by Crippen LogP contribution is 2.31. The van der Waals surface area contributed by atoms with Gasteiger partial charge in [0.15, 0.2) is 16.5 Å². The monoisotopic (exact) mass is 360 g/mol. The van der Waals surface area contributed by atoms with Crippen LogP contribution >= 0.6 is 11.3 Å².